The van der Waals surface area contributed by atoms with Gasteiger partial charge in [0.05, 0.1) is 18.6 Å². The van der Waals surface area contributed by atoms with Gasteiger partial charge in [-0.3, -0.25) is 0 Å². The van der Waals surface area contributed by atoms with E-state index in [9.17, 15) is 0 Å². The molecule has 2 aromatic carbocycles. The van der Waals surface area contributed by atoms with Gasteiger partial charge >= 0.3 is 0 Å². The molecule has 1 atom stereocenters. The highest BCUT2D eigenvalue weighted by atomic mass is 35.5. The van der Waals surface area contributed by atoms with Crippen LogP contribution >= 0.6 is 12.4 Å². The summed E-state index contributed by atoms with van der Waals surface area (Å²) in [5, 5.41) is 6.42. The Balaban J connectivity index is 0.00000182. The molecule has 1 fully saturated rings. The maximum absolute atomic E-state index is 6.28. The van der Waals surface area contributed by atoms with Crippen molar-refractivity contribution in [2.75, 3.05) is 7.11 Å². The van der Waals surface area contributed by atoms with Crippen molar-refractivity contribution in [3.8, 4) is 5.75 Å². The monoisotopic (exact) mass is 359 g/mol. The van der Waals surface area contributed by atoms with Crippen molar-refractivity contribution in [2.24, 2.45) is 5.73 Å². The molecule has 0 radical (unpaired) electrons. The number of nitrogens with two attached hydrogens (primary N) is 1. The quantitative estimate of drug-likeness (QED) is 0.757. The standard InChI is InChI=1S/C19H21N3O2.ClH/c1-12(17-21-18(22-24-17)19(20)8-3-9-19)13-4-5-15-11-16(23-2)7-6-14(15)10-13;/h4-7,10-12H,3,8-9,20H2,1-2H3;1H. The third kappa shape index (κ3) is 3.10. The molecule has 1 aromatic heterocycles. The summed E-state index contributed by atoms with van der Waals surface area (Å²) in [6.45, 7) is 2.08. The lowest BCUT2D eigenvalue weighted by Gasteiger charge is -2.34. The second-order valence-electron chi connectivity index (χ2n) is 6.66. The smallest absolute Gasteiger partial charge is 0.233 e. The molecule has 0 saturated heterocycles. The first-order valence-corrected chi connectivity index (χ1v) is 8.30. The van der Waals surface area contributed by atoms with Crippen LogP contribution in [0.15, 0.2) is 40.9 Å². The maximum Gasteiger partial charge on any atom is 0.233 e. The van der Waals surface area contributed by atoms with Gasteiger partial charge in [-0.2, -0.15) is 4.98 Å². The second-order valence-corrected chi connectivity index (χ2v) is 6.66. The average Bonchev–Trinajstić information content (AvgIpc) is 3.08. The SMILES string of the molecule is COc1ccc2cc(C(C)c3nc(C4(N)CCC4)no3)ccc2c1.Cl. The van der Waals surface area contributed by atoms with Crippen LogP contribution in [0.5, 0.6) is 5.75 Å². The van der Waals surface area contributed by atoms with Crippen LogP contribution in [-0.4, -0.2) is 17.3 Å². The van der Waals surface area contributed by atoms with Crippen molar-refractivity contribution < 1.29 is 9.26 Å². The van der Waals surface area contributed by atoms with Crippen molar-refractivity contribution >= 4 is 23.2 Å². The average molecular weight is 360 g/mol. The summed E-state index contributed by atoms with van der Waals surface area (Å²) < 4.78 is 10.8. The van der Waals surface area contributed by atoms with Gasteiger partial charge in [0.25, 0.3) is 0 Å². The van der Waals surface area contributed by atoms with Crippen molar-refractivity contribution in [1.29, 1.82) is 0 Å². The van der Waals surface area contributed by atoms with E-state index >= 15 is 0 Å². The second kappa shape index (κ2) is 6.65. The van der Waals surface area contributed by atoms with E-state index in [0.29, 0.717) is 11.7 Å². The van der Waals surface area contributed by atoms with Gasteiger partial charge in [-0.25, -0.2) is 0 Å². The van der Waals surface area contributed by atoms with Crippen LogP contribution in [0.4, 0.5) is 0 Å². The molecule has 0 bridgehead atoms. The zero-order valence-corrected chi connectivity index (χ0v) is 15.2. The van der Waals surface area contributed by atoms with Crippen molar-refractivity contribution in [2.45, 2.75) is 37.6 Å². The molecule has 1 aliphatic carbocycles. The number of ether oxygens (including phenoxy) is 1. The van der Waals surface area contributed by atoms with Gasteiger partial charge in [0.1, 0.15) is 5.75 Å². The molecular weight excluding hydrogens is 338 g/mol. The molecule has 0 spiro atoms. The summed E-state index contributed by atoms with van der Waals surface area (Å²) in [5.74, 6) is 2.15. The van der Waals surface area contributed by atoms with Gasteiger partial charge < -0.3 is 15.0 Å². The number of aromatic nitrogens is 2. The number of hydrogen-bond donors (Lipinski definition) is 1. The normalized spacial score (nSPS) is 16.8. The highest BCUT2D eigenvalue weighted by Crippen LogP contribution is 2.38. The fourth-order valence-electron chi connectivity index (χ4n) is 3.18. The minimum Gasteiger partial charge on any atom is -0.497 e. The number of methoxy groups -OCH3 is 1. The van der Waals surface area contributed by atoms with Gasteiger partial charge in [-0.15, -0.1) is 12.4 Å². The Bertz CT molecular complexity index is 889. The molecular formula is C19H22ClN3O2. The summed E-state index contributed by atoms with van der Waals surface area (Å²) >= 11 is 0. The van der Waals surface area contributed by atoms with E-state index in [2.05, 4.69) is 41.3 Å². The fraction of sp³-hybridized carbons (Fsp3) is 0.368. The third-order valence-electron chi connectivity index (χ3n) is 5.07. The Labute approximate surface area is 153 Å². The van der Waals surface area contributed by atoms with Gasteiger partial charge in [-0.05, 0) is 54.7 Å². The van der Waals surface area contributed by atoms with Crippen molar-refractivity contribution in [1.82, 2.24) is 10.1 Å². The molecule has 1 unspecified atom stereocenters. The Kier molecular flexibility index (Phi) is 4.71. The van der Waals surface area contributed by atoms with E-state index < -0.39 is 0 Å². The maximum atomic E-state index is 6.28. The van der Waals surface area contributed by atoms with Crippen LogP contribution in [0.3, 0.4) is 0 Å². The number of nitrogens with zero attached hydrogens (tertiary/aromatic N) is 2. The van der Waals surface area contributed by atoms with Gasteiger partial charge in [0.2, 0.25) is 5.89 Å². The molecule has 25 heavy (non-hydrogen) atoms. The van der Waals surface area contributed by atoms with Crippen LogP contribution in [0, 0.1) is 0 Å². The Morgan fingerprint density at radius 1 is 1.16 bits per heavy atom. The lowest BCUT2D eigenvalue weighted by atomic mass is 9.77. The highest BCUT2D eigenvalue weighted by molar-refractivity contribution is 5.85. The molecule has 0 aliphatic heterocycles. The molecule has 4 rings (SSSR count). The molecule has 3 aromatic rings. The summed E-state index contributed by atoms with van der Waals surface area (Å²) in [5.41, 5.74) is 7.03. The van der Waals surface area contributed by atoms with E-state index in [1.165, 1.54) is 0 Å². The first-order chi connectivity index (χ1) is 11.6. The Morgan fingerprint density at radius 3 is 2.56 bits per heavy atom. The van der Waals surface area contributed by atoms with Crippen LogP contribution in [-0.2, 0) is 5.54 Å². The summed E-state index contributed by atoms with van der Waals surface area (Å²) in [4.78, 5) is 4.56. The lowest BCUT2D eigenvalue weighted by molar-refractivity contribution is 0.228. The van der Waals surface area contributed by atoms with Crippen LogP contribution in [0.1, 0.15) is 49.4 Å². The van der Waals surface area contributed by atoms with Crippen LogP contribution in [0.2, 0.25) is 0 Å². The van der Waals surface area contributed by atoms with E-state index in [-0.39, 0.29) is 23.9 Å². The lowest BCUT2D eigenvalue weighted by Crippen LogP contribution is -2.44. The zero-order valence-electron chi connectivity index (χ0n) is 14.4. The highest BCUT2D eigenvalue weighted by Gasteiger charge is 2.39. The molecule has 2 N–H and O–H groups in total. The van der Waals surface area contributed by atoms with E-state index in [0.717, 1.165) is 41.3 Å². The first-order valence-electron chi connectivity index (χ1n) is 8.30. The zero-order chi connectivity index (χ0) is 16.7. The molecule has 0 amide bonds. The van der Waals surface area contributed by atoms with Crippen LogP contribution < -0.4 is 10.5 Å². The summed E-state index contributed by atoms with van der Waals surface area (Å²) in [6, 6.07) is 12.4. The number of fused-ring (bicyclic) bond motifs is 1. The summed E-state index contributed by atoms with van der Waals surface area (Å²) in [7, 11) is 1.68. The number of hydrogen-bond acceptors (Lipinski definition) is 5. The predicted octanol–water partition coefficient (Wildman–Crippen LogP) is 4.14. The Morgan fingerprint density at radius 2 is 1.88 bits per heavy atom. The van der Waals surface area contributed by atoms with Crippen LogP contribution in [0.25, 0.3) is 10.8 Å². The number of benzene rings is 2. The van der Waals surface area contributed by atoms with E-state index in [4.69, 9.17) is 15.0 Å². The number of rotatable bonds is 4. The van der Waals surface area contributed by atoms with Gasteiger partial charge in [0, 0.05) is 0 Å². The minimum atomic E-state index is -0.387. The van der Waals surface area contributed by atoms with Crippen molar-refractivity contribution in [3.05, 3.63) is 53.7 Å². The molecule has 5 nitrogen and oxygen atoms in total. The predicted molar refractivity (Wildman–Crippen MR) is 99.3 cm³/mol. The van der Waals surface area contributed by atoms with Gasteiger partial charge in [-0.1, -0.05) is 29.4 Å². The molecule has 1 heterocycles. The van der Waals surface area contributed by atoms with E-state index in [1.807, 2.05) is 12.1 Å². The van der Waals surface area contributed by atoms with E-state index in [1.54, 1.807) is 7.11 Å². The molecule has 6 heteroatoms. The van der Waals surface area contributed by atoms with Gasteiger partial charge in [0.15, 0.2) is 5.82 Å². The van der Waals surface area contributed by atoms with Crippen molar-refractivity contribution in [3.63, 3.8) is 0 Å². The molecule has 1 saturated carbocycles. The molecule has 1 aliphatic rings. The third-order valence-corrected chi connectivity index (χ3v) is 5.07. The first kappa shape index (κ1) is 17.7. The Hall–Kier alpha value is -2.11. The summed E-state index contributed by atoms with van der Waals surface area (Å²) in [6.07, 6.45) is 2.99. The topological polar surface area (TPSA) is 74.2 Å². The number of halogens is 1. The minimum absolute atomic E-state index is 0. The fourth-order valence-corrected chi connectivity index (χ4v) is 3.18. The largest absolute Gasteiger partial charge is 0.497 e. The molecule has 132 valence electrons.